The van der Waals surface area contributed by atoms with Crippen molar-refractivity contribution in [1.29, 1.82) is 0 Å². The number of imidazole rings is 1. The van der Waals surface area contributed by atoms with E-state index in [2.05, 4.69) is 16.8 Å². The van der Waals surface area contributed by atoms with Crippen LogP contribution in [0.15, 0.2) is 12.1 Å². The van der Waals surface area contributed by atoms with Gasteiger partial charge in [0, 0.05) is 12.6 Å². The first-order chi connectivity index (χ1) is 10.1. The van der Waals surface area contributed by atoms with Gasteiger partial charge in [-0.25, -0.2) is 8.78 Å². The van der Waals surface area contributed by atoms with Crippen molar-refractivity contribution in [1.82, 2.24) is 14.5 Å². The summed E-state index contributed by atoms with van der Waals surface area (Å²) in [5.74, 6) is -0.649. The van der Waals surface area contributed by atoms with E-state index in [9.17, 15) is 8.78 Å². The highest BCUT2D eigenvalue weighted by molar-refractivity contribution is 7.71. The first-order valence-corrected chi connectivity index (χ1v) is 7.79. The Bertz CT molecular complexity index is 699. The number of aromatic nitrogens is 2. The van der Waals surface area contributed by atoms with Crippen molar-refractivity contribution in [2.24, 2.45) is 5.92 Å². The molecule has 1 aliphatic heterocycles. The predicted octanol–water partition coefficient (Wildman–Crippen LogP) is 3.71. The summed E-state index contributed by atoms with van der Waals surface area (Å²) in [6, 6.07) is 2.24. The molecule has 0 atom stereocenters. The van der Waals surface area contributed by atoms with Gasteiger partial charge < -0.3 is 14.5 Å². The lowest BCUT2D eigenvalue weighted by Crippen LogP contribution is -2.34. The van der Waals surface area contributed by atoms with Crippen molar-refractivity contribution in [2.75, 3.05) is 19.6 Å². The fourth-order valence-electron chi connectivity index (χ4n) is 3.11. The molecule has 2 aromatic rings. The molecule has 0 radical (unpaired) electrons. The van der Waals surface area contributed by atoms with Gasteiger partial charge >= 0.3 is 0 Å². The van der Waals surface area contributed by atoms with Crippen LogP contribution in [0.2, 0.25) is 0 Å². The third-order valence-corrected chi connectivity index (χ3v) is 4.72. The van der Waals surface area contributed by atoms with Crippen LogP contribution in [0, 0.1) is 22.3 Å². The summed E-state index contributed by atoms with van der Waals surface area (Å²) in [5, 5.41) is 0. The van der Waals surface area contributed by atoms with E-state index < -0.39 is 11.6 Å². The van der Waals surface area contributed by atoms with Gasteiger partial charge in [-0.3, -0.25) is 0 Å². The number of hydrogen-bond donors (Lipinski definition) is 1. The van der Waals surface area contributed by atoms with E-state index in [1.165, 1.54) is 6.07 Å². The van der Waals surface area contributed by atoms with Crippen LogP contribution >= 0.6 is 12.2 Å². The van der Waals surface area contributed by atoms with Gasteiger partial charge in [0.25, 0.3) is 0 Å². The number of aromatic amines is 1. The minimum atomic E-state index is -0.587. The number of rotatable bonds is 3. The van der Waals surface area contributed by atoms with Gasteiger partial charge in [-0.1, -0.05) is 6.92 Å². The van der Waals surface area contributed by atoms with Crippen molar-refractivity contribution in [2.45, 2.75) is 26.3 Å². The van der Waals surface area contributed by atoms with Crippen LogP contribution in [0.25, 0.3) is 11.0 Å². The molecule has 0 bridgehead atoms. The zero-order valence-corrected chi connectivity index (χ0v) is 12.8. The maximum Gasteiger partial charge on any atom is 0.178 e. The van der Waals surface area contributed by atoms with E-state index in [0.29, 0.717) is 21.7 Å². The number of fused-ring (bicyclic) bond motifs is 1. The number of nitrogens with zero attached hydrogens (tertiary/aromatic N) is 2. The van der Waals surface area contributed by atoms with Gasteiger partial charge in [0.15, 0.2) is 10.6 Å². The zero-order valence-electron chi connectivity index (χ0n) is 12.0. The van der Waals surface area contributed by atoms with E-state index in [1.807, 2.05) is 4.57 Å². The highest BCUT2D eigenvalue weighted by atomic mass is 32.1. The monoisotopic (exact) mass is 311 g/mol. The van der Waals surface area contributed by atoms with E-state index >= 15 is 0 Å². The van der Waals surface area contributed by atoms with Crippen molar-refractivity contribution in [3.05, 3.63) is 28.5 Å². The lowest BCUT2D eigenvalue weighted by atomic mass is 9.97. The van der Waals surface area contributed by atoms with Crippen molar-refractivity contribution >= 4 is 23.3 Å². The molecule has 1 aromatic carbocycles. The summed E-state index contributed by atoms with van der Waals surface area (Å²) < 4.78 is 29.5. The summed E-state index contributed by atoms with van der Waals surface area (Å²) in [6.45, 7) is 6.13. The summed E-state index contributed by atoms with van der Waals surface area (Å²) >= 11 is 5.28. The number of H-pyrrole nitrogens is 1. The van der Waals surface area contributed by atoms with Gasteiger partial charge in [-0.2, -0.15) is 0 Å². The van der Waals surface area contributed by atoms with E-state index in [1.54, 1.807) is 0 Å². The predicted molar refractivity (Wildman–Crippen MR) is 81.9 cm³/mol. The fraction of sp³-hybridized carbons (Fsp3) is 0.533. The third kappa shape index (κ3) is 2.87. The second kappa shape index (κ2) is 5.85. The average Bonchev–Trinajstić information content (AvgIpc) is 2.77. The number of piperidine rings is 1. The summed E-state index contributed by atoms with van der Waals surface area (Å²) in [6.07, 6.45) is 2.19. The Morgan fingerprint density at radius 1 is 1.29 bits per heavy atom. The molecule has 1 fully saturated rings. The molecule has 0 unspecified atom stereocenters. The summed E-state index contributed by atoms with van der Waals surface area (Å²) in [7, 11) is 0. The molecule has 0 spiro atoms. The van der Waals surface area contributed by atoms with E-state index in [-0.39, 0.29) is 0 Å². The highest BCUT2D eigenvalue weighted by Gasteiger charge is 2.20. The third-order valence-electron chi connectivity index (χ3n) is 4.40. The zero-order chi connectivity index (χ0) is 15.0. The maximum atomic E-state index is 13.8. The lowest BCUT2D eigenvalue weighted by molar-refractivity contribution is 0.181. The number of halogens is 2. The first kappa shape index (κ1) is 14.7. The number of likely N-dealkylation sites (tertiary alicyclic amines) is 1. The molecule has 3 rings (SSSR count). The minimum absolute atomic E-state index is 0.299. The Balaban J connectivity index is 1.87. The highest BCUT2D eigenvalue weighted by Crippen LogP contribution is 2.24. The Kier molecular flexibility index (Phi) is 4.08. The number of hydrogen-bond acceptors (Lipinski definition) is 2. The SMILES string of the molecule is CCN1CCC(Cn2c(=S)[nH]c3c(F)cc(F)cc32)CC1. The molecule has 6 heteroatoms. The average molecular weight is 311 g/mol. The van der Waals surface area contributed by atoms with E-state index in [4.69, 9.17) is 12.2 Å². The molecule has 0 saturated carbocycles. The molecule has 1 saturated heterocycles. The van der Waals surface area contributed by atoms with Crippen molar-refractivity contribution in [3.63, 3.8) is 0 Å². The quantitative estimate of drug-likeness (QED) is 0.874. The summed E-state index contributed by atoms with van der Waals surface area (Å²) in [5.41, 5.74) is 0.822. The molecular formula is C15H19F2N3S. The molecule has 3 nitrogen and oxygen atoms in total. The van der Waals surface area contributed by atoms with Gasteiger partial charge in [0.05, 0.1) is 5.52 Å². The molecule has 2 heterocycles. The van der Waals surface area contributed by atoms with Crippen LogP contribution in [-0.4, -0.2) is 34.1 Å². The molecule has 21 heavy (non-hydrogen) atoms. The number of nitrogens with one attached hydrogen (secondary N) is 1. The van der Waals surface area contributed by atoms with Gasteiger partial charge in [-0.15, -0.1) is 0 Å². The van der Waals surface area contributed by atoms with Crippen LogP contribution in [0.5, 0.6) is 0 Å². The van der Waals surface area contributed by atoms with Gasteiger partial charge in [-0.05, 0) is 56.7 Å². The Morgan fingerprint density at radius 3 is 2.67 bits per heavy atom. The van der Waals surface area contributed by atoms with Crippen LogP contribution in [0.3, 0.4) is 0 Å². The minimum Gasteiger partial charge on any atom is -0.328 e. The van der Waals surface area contributed by atoms with Crippen LogP contribution in [-0.2, 0) is 6.54 Å². The van der Waals surface area contributed by atoms with Crippen molar-refractivity contribution < 1.29 is 8.78 Å². The smallest absolute Gasteiger partial charge is 0.178 e. The van der Waals surface area contributed by atoms with Crippen LogP contribution < -0.4 is 0 Å². The molecule has 0 aliphatic carbocycles. The first-order valence-electron chi connectivity index (χ1n) is 7.38. The van der Waals surface area contributed by atoms with Crippen molar-refractivity contribution in [3.8, 4) is 0 Å². The van der Waals surface area contributed by atoms with Crippen LogP contribution in [0.1, 0.15) is 19.8 Å². The lowest BCUT2D eigenvalue weighted by Gasteiger charge is -2.31. The maximum absolute atomic E-state index is 13.8. The molecule has 114 valence electrons. The normalized spacial score (nSPS) is 17.7. The topological polar surface area (TPSA) is 24.0 Å². The molecular weight excluding hydrogens is 292 g/mol. The summed E-state index contributed by atoms with van der Waals surface area (Å²) in [4.78, 5) is 5.28. The fourth-order valence-corrected chi connectivity index (χ4v) is 3.38. The van der Waals surface area contributed by atoms with Crippen LogP contribution in [0.4, 0.5) is 8.78 Å². The standard InChI is InChI=1S/C15H19F2N3S/c1-2-19-5-3-10(4-6-19)9-20-13-8-11(16)7-12(17)14(13)18-15(20)21/h7-8,10H,2-6,9H2,1H3,(H,18,21). The molecule has 1 N–H and O–H groups in total. The largest absolute Gasteiger partial charge is 0.328 e. The Hall–Kier alpha value is -1.27. The molecule has 0 amide bonds. The second-order valence-corrected chi connectivity index (χ2v) is 6.09. The molecule has 1 aromatic heterocycles. The second-order valence-electron chi connectivity index (χ2n) is 5.70. The van der Waals surface area contributed by atoms with E-state index in [0.717, 1.165) is 45.1 Å². The Morgan fingerprint density at radius 2 is 2.00 bits per heavy atom. The van der Waals surface area contributed by atoms with Gasteiger partial charge in [0.2, 0.25) is 0 Å². The van der Waals surface area contributed by atoms with Gasteiger partial charge in [0.1, 0.15) is 11.3 Å². The number of benzene rings is 1. The Labute approximate surface area is 127 Å². The molecule has 1 aliphatic rings.